The highest BCUT2D eigenvalue weighted by atomic mass is 16.5. The maximum atomic E-state index is 5.31. The third-order valence-corrected chi connectivity index (χ3v) is 3.67. The van der Waals surface area contributed by atoms with Crippen LogP contribution < -0.4 is 10.1 Å². The molecule has 2 aromatic rings. The topological polar surface area (TPSA) is 34.1 Å². The van der Waals surface area contributed by atoms with Gasteiger partial charge in [-0.3, -0.25) is 4.98 Å². The molecular formula is C18H24N2O. The molecule has 0 aliphatic rings. The van der Waals surface area contributed by atoms with Crippen molar-refractivity contribution in [3.63, 3.8) is 0 Å². The molecule has 1 heterocycles. The predicted molar refractivity (Wildman–Crippen MR) is 86.8 cm³/mol. The van der Waals surface area contributed by atoms with E-state index in [4.69, 9.17) is 4.74 Å². The number of nitrogens with one attached hydrogen (secondary N) is 1. The molecule has 3 nitrogen and oxygen atoms in total. The number of benzene rings is 1. The van der Waals surface area contributed by atoms with Gasteiger partial charge < -0.3 is 10.1 Å². The zero-order chi connectivity index (χ0) is 15.2. The Morgan fingerprint density at radius 2 is 2.00 bits per heavy atom. The minimum atomic E-state index is 0.273. The fourth-order valence-electron chi connectivity index (χ4n) is 2.64. The third-order valence-electron chi connectivity index (χ3n) is 3.67. The number of aromatic nitrogens is 1. The first-order valence-electron chi connectivity index (χ1n) is 7.44. The number of likely N-dealkylation sites (N-methyl/N-ethyl adjacent to an activating group) is 1. The van der Waals surface area contributed by atoms with Crippen LogP contribution in [-0.2, 0) is 6.42 Å². The lowest BCUT2D eigenvalue weighted by Gasteiger charge is -2.20. The molecule has 0 saturated carbocycles. The molecule has 1 unspecified atom stereocenters. The Hall–Kier alpha value is -1.87. The van der Waals surface area contributed by atoms with Gasteiger partial charge in [-0.2, -0.15) is 0 Å². The quantitative estimate of drug-likeness (QED) is 0.880. The average Bonchev–Trinajstić information content (AvgIpc) is 2.47. The molecule has 1 N–H and O–H groups in total. The summed E-state index contributed by atoms with van der Waals surface area (Å²) in [6, 6.07) is 12.8. The molecule has 1 aromatic carbocycles. The Morgan fingerprint density at radius 1 is 1.19 bits per heavy atom. The van der Waals surface area contributed by atoms with Gasteiger partial charge in [-0.25, -0.2) is 0 Å². The van der Waals surface area contributed by atoms with Crippen LogP contribution in [0.4, 0.5) is 0 Å². The van der Waals surface area contributed by atoms with E-state index < -0.39 is 0 Å². The summed E-state index contributed by atoms with van der Waals surface area (Å²) in [5, 5.41) is 3.56. The molecule has 0 amide bonds. The Morgan fingerprint density at radius 3 is 2.67 bits per heavy atom. The van der Waals surface area contributed by atoms with Crippen LogP contribution in [0.25, 0.3) is 0 Å². The number of methoxy groups -OCH3 is 1. The van der Waals surface area contributed by atoms with Gasteiger partial charge in [0, 0.05) is 17.4 Å². The summed E-state index contributed by atoms with van der Waals surface area (Å²) in [7, 11) is 1.70. The lowest BCUT2D eigenvalue weighted by molar-refractivity contribution is 0.414. The van der Waals surface area contributed by atoms with Crippen molar-refractivity contribution in [3.05, 3.63) is 58.9 Å². The molecular weight excluding hydrogens is 260 g/mol. The number of aryl methyl sites for hydroxylation is 2. The van der Waals surface area contributed by atoms with Crippen molar-refractivity contribution in [2.75, 3.05) is 13.7 Å². The number of hydrogen-bond donors (Lipinski definition) is 1. The molecule has 0 aliphatic carbocycles. The predicted octanol–water partition coefficient (Wildman–Crippen LogP) is 3.60. The molecule has 0 aliphatic heterocycles. The summed E-state index contributed by atoms with van der Waals surface area (Å²) in [5.74, 6) is 0.904. The highest BCUT2D eigenvalue weighted by Crippen LogP contribution is 2.23. The number of nitrogens with zero attached hydrogens (tertiary/aromatic N) is 1. The molecule has 21 heavy (non-hydrogen) atoms. The molecule has 1 aromatic heterocycles. The molecule has 0 bridgehead atoms. The summed E-state index contributed by atoms with van der Waals surface area (Å²) in [6.45, 7) is 7.18. The SMILES string of the molecule is CCNC(Cc1cccc(OC)c1)c1ccc(C)nc1C. The van der Waals surface area contributed by atoms with Gasteiger partial charge in [0.2, 0.25) is 0 Å². The second-order valence-corrected chi connectivity index (χ2v) is 5.29. The van der Waals surface area contributed by atoms with Crippen LogP contribution >= 0.6 is 0 Å². The summed E-state index contributed by atoms with van der Waals surface area (Å²) in [5.41, 5.74) is 4.70. The van der Waals surface area contributed by atoms with Crippen LogP contribution in [0.3, 0.4) is 0 Å². The zero-order valence-electron chi connectivity index (χ0n) is 13.3. The van der Waals surface area contributed by atoms with Gasteiger partial charge in [0.25, 0.3) is 0 Å². The Balaban J connectivity index is 2.26. The van der Waals surface area contributed by atoms with Gasteiger partial charge in [-0.05, 0) is 56.1 Å². The third kappa shape index (κ3) is 4.05. The van der Waals surface area contributed by atoms with E-state index >= 15 is 0 Å². The van der Waals surface area contributed by atoms with Gasteiger partial charge in [-0.1, -0.05) is 25.1 Å². The minimum Gasteiger partial charge on any atom is -0.497 e. The number of pyridine rings is 1. The van der Waals surface area contributed by atoms with Crippen LogP contribution in [0, 0.1) is 13.8 Å². The Bertz CT molecular complexity index is 596. The van der Waals surface area contributed by atoms with Crippen LogP contribution in [0.1, 0.15) is 35.5 Å². The van der Waals surface area contributed by atoms with Crippen molar-refractivity contribution < 1.29 is 4.74 Å². The molecule has 112 valence electrons. The summed E-state index contributed by atoms with van der Waals surface area (Å²) in [4.78, 5) is 4.59. The Kier molecular flexibility index (Phi) is 5.34. The molecule has 3 heteroatoms. The molecule has 2 rings (SSSR count). The standard InChI is InChI=1S/C18H24N2O/c1-5-19-18(17-10-9-13(2)20-14(17)3)12-15-7-6-8-16(11-15)21-4/h6-11,18-19H,5,12H2,1-4H3. The summed E-state index contributed by atoms with van der Waals surface area (Å²) in [6.07, 6.45) is 0.927. The lowest BCUT2D eigenvalue weighted by atomic mass is 9.97. The van der Waals surface area contributed by atoms with Crippen LogP contribution in [0.2, 0.25) is 0 Å². The molecule has 0 fully saturated rings. The van der Waals surface area contributed by atoms with E-state index in [0.29, 0.717) is 0 Å². The number of hydrogen-bond acceptors (Lipinski definition) is 3. The van der Waals surface area contributed by atoms with Gasteiger partial charge in [-0.15, -0.1) is 0 Å². The van der Waals surface area contributed by atoms with E-state index in [0.717, 1.165) is 30.1 Å². The van der Waals surface area contributed by atoms with Crippen molar-refractivity contribution in [2.24, 2.45) is 0 Å². The number of ether oxygens (including phenoxy) is 1. The zero-order valence-corrected chi connectivity index (χ0v) is 13.3. The van der Waals surface area contributed by atoms with E-state index in [1.807, 2.05) is 19.1 Å². The highest BCUT2D eigenvalue weighted by molar-refractivity contribution is 5.32. The normalized spacial score (nSPS) is 12.2. The van der Waals surface area contributed by atoms with E-state index in [-0.39, 0.29) is 6.04 Å². The summed E-state index contributed by atoms with van der Waals surface area (Å²) < 4.78 is 5.31. The number of rotatable bonds is 6. The average molecular weight is 284 g/mol. The van der Waals surface area contributed by atoms with E-state index in [1.54, 1.807) is 7.11 Å². The van der Waals surface area contributed by atoms with Gasteiger partial charge in [0.1, 0.15) is 5.75 Å². The van der Waals surface area contributed by atoms with Gasteiger partial charge in [0.15, 0.2) is 0 Å². The maximum Gasteiger partial charge on any atom is 0.119 e. The minimum absolute atomic E-state index is 0.273. The fraction of sp³-hybridized carbons (Fsp3) is 0.389. The van der Waals surface area contributed by atoms with Crippen LogP contribution in [0.15, 0.2) is 36.4 Å². The van der Waals surface area contributed by atoms with Crippen LogP contribution in [-0.4, -0.2) is 18.6 Å². The molecule has 0 radical (unpaired) electrons. The van der Waals surface area contributed by atoms with E-state index in [1.165, 1.54) is 11.1 Å². The Labute approximate surface area is 127 Å². The first-order valence-corrected chi connectivity index (χ1v) is 7.44. The lowest BCUT2D eigenvalue weighted by Crippen LogP contribution is -2.24. The second kappa shape index (κ2) is 7.23. The van der Waals surface area contributed by atoms with E-state index in [9.17, 15) is 0 Å². The smallest absolute Gasteiger partial charge is 0.119 e. The van der Waals surface area contributed by atoms with Crippen LogP contribution in [0.5, 0.6) is 5.75 Å². The molecule has 0 saturated heterocycles. The maximum absolute atomic E-state index is 5.31. The van der Waals surface area contributed by atoms with Crippen molar-refractivity contribution in [1.29, 1.82) is 0 Å². The van der Waals surface area contributed by atoms with Gasteiger partial charge in [0.05, 0.1) is 7.11 Å². The van der Waals surface area contributed by atoms with Crippen molar-refractivity contribution in [2.45, 2.75) is 33.2 Å². The van der Waals surface area contributed by atoms with Crippen molar-refractivity contribution >= 4 is 0 Å². The van der Waals surface area contributed by atoms with Crippen molar-refractivity contribution in [3.8, 4) is 5.75 Å². The highest BCUT2D eigenvalue weighted by Gasteiger charge is 2.14. The van der Waals surface area contributed by atoms with Gasteiger partial charge >= 0.3 is 0 Å². The first kappa shape index (κ1) is 15.5. The largest absolute Gasteiger partial charge is 0.497 e. The molecule has 1 atom stereocenters. The first-order chi connectivity index (χ1) is 10.1. The van der Waals surface area contributed by atoms with E-state index in [2.05, 4.69) is 48.4 Å². The second-order valence-electron chi connectivity index (χ2n) is 5.29. The fourth-order valence-corrected chi connectivity index (χ4v) is 2.64. The van der Waals surface area contributed by atoms with Crippen molar-refractivity contribution in [1.82, 2.24) is 10.3 Å². The molecule has 0 spiro atoms. The monoisotopic (exact) mass is 284 g/mol. The summed E-state index contributed by atoms with van der Waals surface area (Å²) >= 11 is 0.